The molecule has 2 aliphatic heterocycles. The number of rotatable bonds is 15. The zero-order chi connectivity index (χ0) is 36.0. The molecule has 3 fully saturated rings. The standard InChI is InChI=1S/C43H56N2O6/c1-42(2)23-35-24-43(3,28-42)29-45(35)26-36-22-38(32-16-14-30(27-46)15-17-32)51-41(50-36)33-20-18-31(19-21-33)37-11-9-8-10-34(37)25-44-39(47)12-6-4-5-7-13-40(48)49/h8-11,14-21,35-36,38,41,46H,4-7,12-13,22-29H2,1-3H3,(H,44,47)(H,48,49). The Morgan fingerprint density at radius 1 is 0.863 bits per heavy atom. The Morgan fingerprint density at radius 3 is 2.29 bits per heavy atom. The van der Waals surface area contributed by atoms with Crippen LogP contribution in [0.1, 0.15) is 120 Å². The van der Waals surface area contributed by atoms with E-state index in [-0.39, 0.29) is 31.1 Å². The maximum Gasteiger partial charge on any atom is 0.303 e. The number of nitrogens with zero attached hydrogens (tertiary/aromatic N) is 1. The molecule has 51 heavy (non-hydrogen) atoms. The van der Waals surface area contributed by atoms with E-state index in [4.69, 9.17) is 14.6 Å². The molecule has 274 valence electrons. The van der Waals surface area contributed by atoms with Gasteiger partial charge in [0.2, 0.25) is 5.91 Å². The van der Waals surface area contributed by atoms with Crippen LogP contribution in [0.25, 0.3) is 11.1 Å². The van der Waals surface area contributed by atoms with Crippen LogP contribution in [0.2, 0.25) is 0 Å². The molecular formula is C43H56N2O6. The Kier molecular flexibility index (Phi) is 12.0. The van der Waals surface area contributed by atoms with Crippen molar-refractivity contribution in [2.24, 2.45) is 10.8 Å². The number of nitrogens with one attached hydrogen (secondary N) is 1. The number of carbonyl (C=O) groups is 2. The van der Waals surface area contributed by atoms with Crippen LogP contribution in [0.5, 0.6) is 0 Å². The molecule has 8 nitrogen and oxygen atoms in total. The van der Waals surface area contributed by atoms with E-state index in [2.05, 4.69) is 79.5 Å². The number of aliphatic hydroxyl groups is 1. The monoisotopic (exact) mass is 696 g/mol. The van der Waals surface area contributed by atoms with Crippen molar-refractivity contribution in [2.75, 3.05) is 13.1 Å². The van der Waals surface area contributed by atoms with E-state index >= 15 is 0 Å². The Labute approximate surface area is 303 Å². The number of likely N-dealkylation sites (tertiary alicyclic amines) is 1. The van der Waals surface area contributed by atoms with Gasteiger partial charge in [-0.25, -0.2) is 0 Å². The van der Waals surface area contributed by atoms with Gasteiger partial charge in [0, 0.05) is 50.5 Å². The average Bonchev–Trinajstić information content (AvgIpc) is 3.35. The number of unbranched alkanes of at least 4 members (excludes halogenated alkanes) is 3. The van der Waals surface area contributed by atoms with Gasteiger partial charge in [0.15, 0.2) is 6.29 Å². The second-order valence-corrected chi connectivity index (χ2v) is 16.4. The van der Waals surface area contributed by atoms with Crippen molar-refractivity contribution in [3.63, 3.8) is 0 Å². The summed E-state index contributed by atoms with van der Waals surface area (Å²) in [5.74, 6) is -0.760. The van der Waals surface area contributed by atoms with Crippen molar-refractivity contribution < 1.29 is 29.3 Å². The van der Waals surface area contributed by atoms with Crippen LogP contribution in [0.15, 0.2) is 72.8 Å². The van der Waals surface area contributed by atoms with Gasteiger partial charge in [-0.3, -0.25) is 14.5 Å². The minimum absolute atomic E-state index is 0.00953. The largest absolute Gasteiger partial charge is 0.481 e. The molecule has 8 heteroatoms. The summed E-state index contributed by atoms with van der Waals surface area (Å²) in [5.41, 5.74) is 6.86. The van der Waals surface area contributed by atoms with Gasteiger partial charge in [0.1, 0.15) is 0 Å². The SMILES string of the molecule is CC1(C)CC2CC(C)(CN2CC2CC(c3ccc(CO)cc3)OC(c3ccc(-c4ccccc4CNC(=O)CCCCCCC(=O)O)cc3)O2)C1. The number of aliphatic carboxylic acids is 1. The third-order valence-electron chi connectivity index (χ3n) is 11.1. The first-order valence-electron chi connectivity index (χ1n) is 18.9. The van der Waals surface area contributed by atoms with Crippen molar-refractivity contribution in [3.05, 3.63) is 95.1 Å². The number of aliphatic hydroxyl groups excluding tert-OH is 1. The molecule has 5 unspecified atom stereocenters. The van der Waals surface area contributed by atoms with Crippen molar-refractivity contribution in [1.29, 1.82) is 0 Å². The zero-order valence-corrected chi connectivity index (χ0v) is 30.6. The Hall–Kier alpha value is -3.56. The molecular weight excluding hydrogens is 640 g/mol. The van der Waals surface area contributed by atoms with Crippen LogP contribution in [0, 0.1) is 10.8 Å². The number of carboxylic acid groups (broad SMARTS) is 1. The van der Waals surface area contributed by atoms with Gasteiger partial charge >= 0.3 is 5.97 Å². The molecule has 3 aromatic carbocycles. The average molecular weight is 697 g/mol. The number of hydrogen-bond acceptors (Lipinski definition) is 6. The first-order chi connectivity index (χ1) is 24.5. The van der Waals surface area contributed by atoms with Gasteiger partial charge in [0.05, 0.1) is 18.8 Å². The Balaban J connectivity index is 1.12. The van der Waals surface area contributed by atoms with E-state index < -0.39 is 12.3 Å². The van der Waals surface area contributed by atoms with E-state index in [0.29, 0.717) is 36.3 Å². The number of amides is 1. The first-order valence-corrected chi connectivity index (χ1v) is 18.9. The lowest BCUT2D eigenvalue weighted by molar-refractivity contribution is -0.253. The van der Waals surface area contributed by atoms with Gasteiger partial charge in [-0.1, -0.05) is 106 Å². The lowest BCUT2D eigenvalue weighted by Gasteiger charge is -2.41. The highest BCUT2D eigenvalue weighted by molar-refractivity contribution is 5.76. The minimum Gasteiger partial charge on any atom is -0.481 e. The van der Waals surface area contributed by atoms with Crippen molar-refractivity contribution >= 4 is 11.9 Å². The topological polar surface area (TPSA) is 108 Å². The van der Waals surface area contributed by atoms with E-state index in [1.54, 1.807) is 0 Å². The molecule has 1 aliphatic carbocycles. The molecule has 0 radical (unpaired) electrons. The third-order valence-corrected chi connectivity index (χ3v) is 11.1. The highest BCUT2D eigenvalue weighted by atomic mass is 16.7. The number of carboxylic acids is 1. The second-order valence-electron chi connectivity index (χ2n) is 16.4. The first kappa shape index (κ1) is 37.2. The van der Waals surface area contributed by atoms with Gasteiger partial charge in [-0.2, -0.15) is 0 Å². The zero-order valence-electron chi connectivity index (χ0n) is 30.6. The quantitative estimate of drug-likeness (QED) is 0.137. The van der Waals surface area contributed by atoms with Crippen LogP contribution in [0.4, 0.5) is 0 Å². The van der Waals surface area contributed by atoms with Crippen LogP contribution in [0.3, 0.4) is 0 Å². The second kappa shape index (κ2) is 16.4. The molecule has 0 aromatic heterocycles. The van der Waals surface area contributed by atoms with Crippen LogP contribution >= 0.6 is 0 Å². The normalized spacial score (nSPS) is 25.8. The summed E-state index contributed by atoms with van der Waals surface area (Å²) >= 11 is 0. The predicted octanol–water partition coefficient (Wildman–Crippen LogP) is 8.33. The molecule has 1 amide bonds. The molecule has 2 bridgehead atoms. The van der Waals surface area contributed by atoms with Crippen LogP contribution in [-0.4, -0.2) is 52.2 Å². The molecule has 0 spiro atoms. The summed E-state index contributed by atoms with van der Waals surface area (Å²) < 4.78 is 13.5. The maximum absolute atomic E-state index is 12.6. The minimum atomic E-state index is -0.769. The van der Waals surface area contributed by atoms with Crippen molar-refractivity contribution in [2.45, 2.75) is 123 Å². The molecule has 2 heterocycles. The molecule has 1 saturated carbocycles. The lowest BCUT2D eigenvalue weighted by atomic mass is 9.65. The molecule has 2 saturated heterocycles. The summed E-state index contributed by atoms with van der Waals surface area (Å²) in [6.45, 7) is 9.77. The number of hydrogen-bond donors (Lipinski definition) is 3. The predicted molar refractivity (Wildman–Crippen MR) is 199 cm³/mol. The summed E-state index contributed by atoms with van der Waals surface area (Å²) in [5, 5.41) is 21.5. The lowest BCUT2D eigenvalue weighted by Crippen LogP contribution is -2.42. The summed E-state index contributed by atoms with van der Waals surface area (Å²) in [7, 11) is 0. The van der Waals surface area contributed by atoms with Gasteiger partial charge in [-0.15, -0.1) is 0 Å². The Bertz CT molecular complexity index is 1620. The van der Waals surface area contributed by atoms with E-state index in [1.807, 2.05) is 24.3 Å². The van der Waals surface area contributed by atoms with E-state index in [9.17, 15) is 14.7 Å². The Morgan fingerprint density at radius 2 is 1.57 bits per heavy atom. The van der Waals surface area contributed by atoms with Gasteiger partial charge in [-0.05, 0) is 70.8 Å². The highest BCUT2D eigenvalue weighted by Crippen LogP contribution is 2.53. The summed E-state index contributed by atoms with van der Waals surface area (Å²) in [4.78, 5) is 26.0. The molecule has 5 atom stereocenters. The summed E-state index contributed by atoms with van der Waals surface area (Å²) in [6.07, 6.45) is 7.63. The summed E-state index contributed by atoms with van der Waals surface area (Å²) in [6, 6.07) is 25.3. The third kappa shape index (κ3) is 9.86. The number of benzene rings is 3. The molecule has 3 aliphatic rings. The smallest absolute Gasteiger partial charge is 0.303 e. The van der Waals surface area contributed by atoms with Crippen molar-refractivity contribution in [3.8, 4) is 11.1 Å². The molecule has 6 rings (SSSR count). The number of carbonyl (C=O) groups excluding carboxylic acids is 1. The van der Waals surface area contributed by atoms with Crippen LogP contribution < -0.4 is 5.32 Å². The molecule has 3 aromatic rings. The van der Waals surface area contributed by atoms with E-state index in [0.717, 1.165) is 72.2 Å². The fraction of sp³-hybridized carbons (Fsp3) is 0.535. The van der Waals surface area contributed by atoms with Gasteiger partial charge < -0.3 is 25.0 Å². The number of fused-ring (bicyclic) bond motifs is 2. The number of ether oxygens (including phenoxy) is 2. The van der Waals surface area contributed by atoms with Crippen LogP contribution in [-0.2, 0) is 32.2 Å². The van der Waals surface area contributed by atoms with Crippen molar-refractivity contribution in [1.82, 2.24) is 10.2 Å². The van der Waals surface area contributed by atoms with Gasteiger partial charge in [0.25, 0.3) is 0 Å². The fourth-order valence-corrected chi connectivity index (χ4v) is 9.06. The maximum atomic E-state index is 12.6. The fourth-order valence-electron chi connectivity index (χ4n) is 9.06. The molecule has 3 N–H and O–H groups in total. The highest BCUT2D eigenvalue weighted by Gasteiger charge is 2.50. The van der Waals surface area contributed by atoms with E-state index in [1.165, 1.54) is 19.3 Å².